The van der Waals surface area contributed by atoms with Crippen LogP contribution in [0.3, 0.4) is 0 Å². The molecule has 0 spiro atoms. The first kappa shape index (κ1) is 14.4. The molecule has 0 saturated heterocycles. The van der Waals surface area contributed by atoms with Crippen molar-refractivity contribution in [3.63, 3.8) is 0 Å². The Morgan fingerprint density at radius 3 is 2.43 bits per heavy atom. The number of nitrogens with zero attached hydrogens (tertiary/aromatic N) is 1. The lowest BCUT2D eigenvalue weighted by Crippen LogP contribution is -1.89. The third-order valence-electron chi connectivity index (χ3n) is 3.24. The molecule has 0 bridgehead atoms. The smallest absolute Gasteiger partial charge is 0.176 e. The van der Waals surface area contributed by atoms with Crippen LogP contribution in [0.1, 0.15) is 5.56 Å². The van der Waals surface area contributed by atoms with E-state index in [-0.39, 0.29) is 0 Å². The lowest BCUT2D eigenvalue weighted by atomic mass is 10.0. The number of rotatable bonds is 2. The zero-order valence-corrected chi connectivity index (χ0v) is 14.1. The Kier molecular flexibility index (Phi) is 3.91. The predicted octanol–water partition coefficient (Wildman–Crippen LogP) is 5.16. The van der Waals surface area contributed by atoms with Gasteiger partial charge in [0, 0.05) is 9.13 Å². The van der Waals surface area contributed by atoms with E-state index < -0.39 is 0 Å². The molecule has 0 unspecified atom stereocenters. The standard InChI is InChI=1S/C16H12ClIN2O/c1-9-2-4-10(5-3-9)14-15(21-20-16(14)19)11-6-7-13(18)12(17)8-11/h2-8H,1H3,(H2,19,20). The molecule has 2 N–H and O–H groups in total. The Bertz CT molecular complexity index is 797. The molecule has 21 heavy (non-hydrogen) atoms. The summed E-state index contributed by atoms with van der Waals surface area (Å²) in [6, 6.07) is 13.8. The Hall–Kier alpha value is -1.53. The van der Waals surface area contributed by atoms with Crippen molar-refractivity contribution < 1.29 is 4.52 Å². The number of hydrogen-bond donors (Lipinski definition) is 1. The van der Waals surface area contributed by atoms with E-state index in [0.717, 1.165) is 20.3 Å². The molecule has 3 nitrogen and oxygen atoms in total. The summed E-state index contributed by atoms with van der Waals surface area (Å²) in [5.41, 5.74) is 9.80. The van der Waals surface area contributed by atoms with Crippen LogP contribution in [0, 0.1) is 10.5 Å². The SMILES string of the molecule is Cc1ccc(-c2c(N)noc2-c2ccc(I)c(Cl)c2)cc1. The first-order valence-electron chi connectivity index (χ1n) is 6.34. The minimum atomic E-state index is 0.378. The number of anilines is 1. The van der Waals surface area contributed by atoms with Crippen LogP contribution in [-0.2, 0) is 0 Å². The zero-order valence-electron chi connectivity index (χ0n) is 11.2. The van der Waals surface area contributed by atoms with Gasteiger partial charge in [0.25, 0.3) is 0 Å². The van der Waals surface area contributed by atoms with Crippen LogP contribution in [0.15, 0.2) is 47.0 Å². The minimum absolute atomic E-state index is 0.378. The van der Waals surface area contributed by atoms with Gasteiger partial charge in [-0.15, -0.1) is 0 Å². The van der Waals surface area contributed by atoms with E-state index in [1.54, 1.807) is 0 Å². The summed E-state index contributed by atoms with van der Waals surface area (Å²) in [6.45, 7) is 2.04. The molecule has 0 aliphatic heterocycles. The van der Waals surface area contributed by atoms with Crippen molar-refractivity contribution in [1.82, 2.24) is 5.16 Å². The Morgan fingerprint density at radius 1 is 1.10 bits per heavy atom. The fourth-order valence-corrected chi connectivity index (χ4v) is 2.65. The number of nitrogens with two attached hydrogens (primary N) is 1. The van der Waals surface area contributed by atoms with E-state index in [4.69, 9.17) is 21.9 Å². The molecule has 3 rings (SSSR count). The molecule has 2 aromatic carbocycles. The van der Waals surface area contributed by atoms with Crippen LogP contribution in [0.2, 0.25) is 5.02 Å². The van der Waals surface area contributed by atoms with Gasteiger partial charge in [0.2, 0.25) is 0 Å². The van der Waals surface area contributed by atoms with Crippen molar-refractivity contribution >= 4 is 40.0 Å². The van der Waals surface area contributed by atoms with Gasteiger partial charge in [-0.25, -0.2) is 0 Å². The maximum atomic E-state index is 6.19. The highest BCUT2D eigenvalue weighted by atomic mass is 127. The zero-order chi connectivity index (χ0) is 15.0. The number of benzene rings is 2. The average Bonchev–Trinajstić information content (AvgIpc) is 2.85. The van der Waals surface area contributed by atoms with Crippen LogP contribution < -0.4 is 5.73 Å². The molecule has 1 aromatic heterocycles. The third kappa shape index (κ3) is 2.78. The van der Waals surface area contributed by atoms with Gasteiger partial charge in [-0.3, -0.25) is 0 Å². The Balaban J connectivity index is 2.16. The van der Waals surface area contributed by atoms with Gasteiger partial charge in [-0.05, 0) is 53.3 Å². The summed E-state index contributed by atoms with van der Waals surface area (Å²) in [7, 11) is 0. The molecular weight excluding hydrogens is 399 g/mol. The van der Waals surface area contributed by atoms with Crippen molar-refractivity contribution in [2.45, 2.75) is 6.92 Å². The fraction of sp³-hybridized carbons (Fsp3) is 0.0625. The molecule has 0 saturated carbocycles. The number of nitrogen functional groups attached to an aromatic ring is 1. The van der Waals surface area contributed by atoms with Gasteiger partial charge in [-0.1, -0.05) is 46.6 Å². The Labute approximate surface area is 141 Å². The Morgan fingerprint density at radius 2 is 1.76 bits per heavy atom. The van der Waals surface area contributed by atoms with Gasteiger partial charge in [0.1, 0.15) is 0 Å². The second-order valence-electron chi connectivity index (χ2n) is 4.77. The molecule has 0 aliphatic carbocycles. The molecule has 0 aliphatic rings. The van der Waals surface area contributed by atoms with Crippen LogP contribution in [0.4, 0.5) is 5.82 Å². The maximum absolute atomic E-state index is 6.19. The van der Waals surface area contributed by atoms with Gasteiger partial charge < -0.3 is 10.3 Å². The van der Waals surface area contributed by atoms with Crippen molar-refractivity contribution in [2.75, 3.05) is 5.73 Å². The van der Waals surface area contributed by atoms with E-state index in [1.807, 2.05) is 49.4 Å². The molecule has 106 valence electrons. The van der Waals surface area contributed by atoms with Gasteiger partial charge in [-0.2, -0.15) is 0 Å². The highest BCUT2D eigenvalue weighted by molar-refractivity contribution is 14.1. The van der Waals surface area contributed by atoms with E-state index in [1.165, 1.54) is 5.56 Å². The largest absolute Gasteiger partial charge is 0.380 e. The van der Waals surface area contributed by atoms with Crippen LogP contribution in [-0.4, -0.2) is 5.16 Å². The van der Waals surface area contributed by atoms with Crippen molar-refractivity contribution in [2.24, 2.45) is 0 Å². The summed E-state index contributed by atoms with van der Waals surface area (Å²) in [5.74, 6) is 1.01. The summed E-state index contributed by atoms with van der Waals surface area (Å²) >= 11 is 8.38. The predicted molar refractivity (Wildman–Crippen MR) is 94.3 cm³/mol. The average molecular weight is 411 g/mol. The van der Waals surface area contributed by atoms with Gasteiger partial charge in [0.05, 0.1) is 10.6 Å². The van der Waals surface area contributed by atoms with E-state index in [2.05, 4.69) is 27.7 Å². The highest BCUT2D eigenvalue weighted by Crippen LogP contribution is 2.38. The maximum Gasteiger partial charge on any atom is 0.176 e. The summed E-state index contributed by atoms with van der Waals surface area (Å²) in [5, 5.41) is 4.58. The van der Waals surface area contributed by atoms with Crippen LogP contribution >= 0.6 is 34.2 Å². The van der Waals surface area contributed by atoms with E-state index in [0.29, 0.717) is 16.6 Å². The normalized spacial score (nSPS) is 10.8. The first-order valence-corrected chi connectivity index (χ1v) is 7.79. The summed E-state index contributed by atoms with van der Waals surface area (Å²) in [4.78, 5) is 0. The molecule has 0 fully saturated rings. The lowest BCUT2D eigenvalue weighted by Gasteiger charge is -2.05. The molecule has 5 heteroatoms. The second-order valence-corrected chi connectivity index (χ2v) is 6.34. The molecule has 1 heterocycles. The minimum Gasteiger partial charge on any atom is -0.380 e. The van der Waals surface area contributed by atoms with E-state index >= 15 is 0 Å². The summed E-state index contributed by atoms with van der Waals surface area (Å²) in [6.07, 6.45) is 0. The van der Waals surface area contributed by atoms with Crippen LogP contribution in [0.5, 0.6) is 0 Å². The molecule has 0 radical (unpaired) electrons. The number of aryl methyl sites for hydroxylation is 1. The number of aromatic nitrogens is 1. The van der Waals surface area contributed by atoms with Gasteiger partial charge >= 0.3 is 0 Å². The first-order chi connectivity index (χ1) is 10.1. The summed E-state index contributed by atoms with van der Waals surface area (Å²) < 4.78 is 6.41. The highest BCUT2D eigenvalue weighted by Gasteiger charge is 2.18. The molecule has 0 amide bonds. The number of halogens is 2. The molecule has 3 aromatic rings. The second kappa shape index (κ2) is 5.69. The topological polar surface area (TPSA) is 52.0 Å². The molecular formula is C16H12ClIN2O. The van der Waals surface area contributed by atoms with Crippen molar-refractivity contribution in [3.05, 3.63) is 56.6 Å². The monoisotopic (exact) mass is 410 g/mol. The van der Waals surface area contributed by atoms with Gasteiger partial charge in [0.15, 0.2) is 11.6 Å². The van der Waals surface area contributed by atoms with Crippen molar-refractivity contribution in [1.29, 1.82) is 0 Å². The quantitative estimate of drug-likeness (QED) is 0.594. The molecule has 0 atom stereocenters. The van der Waals surface area contributed by atoms with E-state index in [9.17, 15) is 0 Å². The van der Waals surface area contributed by atoms with Crippen molar-refractivity contribution in [3.8, 4) is 22.5 Å². The van der Waals surface area contributed by atoms with Crippen LogP contribution in [0.25, 0.3) is 22.5 Å². The fourth-order valence-electron chi connectivity index (χ4n) is 2.14. The number of hydrogen-bond acceptors (Lipinski definition) is 3. The lowest BCUT2D eigenvalue weighted by molar-refractivity contribution is 0.436. The third-order valence-corrected chi connectivity index (χ3v) is 4.81.